The number of benzene rings is 1. The van der Waals surface area contributed by atoms with Crippen molar-refractivity contribution in [3.05, 3.63) is 30.5 Å². The van der Waals surface area contributed by atoms with Gasteiger partial charge in [0, 0.05) is 18.0 Å². The molecule has 3 rings (SSSR count). The Balaban J connectivity index is 1.95. The van der Waals surface area contributed by atoms with Gasteiger partial charge < -0.3 is 14.8 Å². The van der Waals surface area contributed by atoms with Crippen molar-refractivity contribution < 1.29 is 9.47 Å². The maximum Gasteiger partial charge on any atom is 0.209 e. The van der Waals surface area contributed by atoms with Gasteiger partial charge in [-0.15, -0.1) is 0 Å². The van der Waals surface area contributed by atoms with Gasteiger partial charge in [-0.1, -0.05) is 0 Å². The number of hydrogen-bond donors (Lipinski definition) is 2. The quantitative estimate of drug-likeness (QED) is 0.900. The van der Waals surface area contributed by atoms with Crippen molar-refractivity contribution in [1.82, 2.24) is 14.9 Å². The van der Waals surface area contributed by atoms with Crippen LogP contribution in [0.5, 0.6) is 11.5 Å². The smallest absolute Gasteiger partial charge is 0.209 e. The molecule has 1 aromatic heterocycles. The van der Waals surface area contributed by atoms with E-state index in [-0.39, 0.29) is 6.17 Å². The van der Waals surface area contributed by atoms with E-state index >= 15 is 0 Å². The zero-order valence-corrected chi connectivity index (χ0v) is 12.3. The van der Waals surface area contributed by atoms with Crippen LogP contribution in [0.4, 0.5) is 5.95 Å². The summed E-state index contributed by atoms with van der Waals surface area (Å²) in [6, 6.07) is 5.77. The number of hydrogen-bond acceptors (Lipinski definition) is 5. The Kier molecular flexibility index (Phi) is 3.53. The number of anilines is 1. The van der Waals surface area contributed by atoms with E-state index in [1.807, 2.05) is 48.3 Å². The second kappa shape index (κ2) is 5.49. The van der Waals surface area contributed by atoms with E-state index in [1.54, 1.807) is 14.2 Å². The summed E-state index contributed by atoms with van der Waals surface area (Å²) in [4.78, 5) is 4.61. The molecule has 6 nitrogen and oxygen atoms in total. The minimum Gasteiger partial charge on any atom is -0.493 e. The normalized spacial score (nSPS) is 16.2. The highest BCUT2D eigenvalue weighted by molar-refractivity contribution is 5.67. The average Bonchev–Trinajstić information content (AvgIpc) is 2.96. The van der Waals surface area contributed by atoms with Crippen LogP contribution in [0.2, 0.25) is 0 Å². The number of nitrogens with zero attached hydrogens (tertiary/aromatic N) is 2. The molecule has 1 aliphatic heterocycles. The van der Waals surface area contributed by atoms with Gasteiger partial charge in [0.25, 0.3) is 0 Å². The standard InChI is InChI=1S/C15H18N4O2/c1-16-14-6-7-19-9-11(17-15(19)18-14)10-4-5-12(20-2)13(8-10)21-3/h4-9,14,16H,1-3H3,(H,17,18). The molecule has 1 aliphatic rings. The molecule has 0 bridgehead atoms. The van der Waals surface area contributed by atoms with Gasteiger partial charge in [0.1, 0.15) is 6.17 Å². The summed E-state index contributed by atoms with van der Waals surface area (Å²) in [5.74, 6) is 2.21. The molecule has 0 amide bonds. The van der Waals surface area contributed by atoms with E-state index in [0.717, 1.165) is 17.2 Å². The largest absolute Gasteiger partial charge is 0.493 e. The first-order valence-corrected chi connectivity index (χ1v) is 6.68. The van der Waals surface area contributed by atoms with Gasteiger partial charge in [-0.25, -0.2) is 4.98 Å². The number of rotatable bonds is 4. The molecule has 0 fully saturated rings. The van der Waals surface area contributed by atoms with Crippen LogP contribution in [0.3, 0.4) is 0 Å². The molecular formula is C15H18N4O2. The third-order valence-electron chi connectivity index (χ3n) is 3.45. The van der Waals surface area contributed by atoms with E-state index in [4.69, 9.17) is 9.47 Å². The first kappa shape index (κ1) is 13.5. The van der Waals surface area contributed by atoms with Crippen molar-refractivity contribution in [2.24, 2.45) is 0 Å². The lowest BCUT2D eigenvalue weighted by molar-refractivity contribution is 0.355. The maximum atomic E-state index is 5.34. The number of aromatic nitrogens is 2. The lowest BCUT2D eigenvalue weighted by Crippen LogP contribution is -2.34. The van der Waals surface area contributed by atoms with Crippen LogP contribution in [0.15, 0.2) is 30.5 Å². The van der Waals surface area contributed by atoms with Gasteiger partial charge in [-0.3, -0.25) is 9.88 Å². The predicted molar refractivity (Wildman–Crippen MR) is 82.6 cm³/mol. The molecular weight excluding hydrogens is 268 g/mol. The van der Waals surface area contributed by atoms with Crippen LogP contribution in [-0.2, 0) is 0 Å². The van der Waals surface area contributed by atoms with Gasteiger partial charge >= 0.3 is 0 Å². The number of ether oxygens (including phenoxy) is 2. The lowest BCUT2D eigenvalue weighted by Gasteiger charge is -2.18. The van der Waals surface area contributed by atoms with Crippen LogP contribution in [0.1, 0.15) is 0 Å². The molecule has 110 valence electrons. The van der Waals surface area contributed by atoms with Crippen molar-refractivity contribution in [3.8, 4) is 22.8 Å². The van der Waals surface area contributed by atoms with Gasteiger partial charge in [-0.05, 0) is 31.3 Å². The highest BCUT2D eigenvalue weighted by atomic mass is 16.5. The molecule has 2 heterocycles. The van der Waals surface area contributed by atoms with Gasteiger partial charge in [-0.2, -0.15) is 0 Å². The minimum absolute atomic E-state index is 0.0955. The Morgan fingerprint density at radius 3 is 2.76 bits per heavy atom. The van der Waals surface area contributed by atoms with Gasteiger partial charge in [0.05, 0.1) is 19.9 Å². The van der Waals surface area contributed by atoms with Crippen molar-refractivity contribution in [2.45, 2.75) is 6.17 Å². The number of fused-ring (bicyclic) bond motifs is 1. The van der Waals surface area contributed by atoms with Crippen molar-refractivity contribution in [3.63, 3.8) is 0 Å². The Bertz CT molecular complexity index is 678. The monoisotopic (exact) mass is 286 g/mol. The minimum atomic E-state index is 0.0955. The number of likely N-dealkylation sites (N-methyl/N-ethyl adjacent to an activating group) is 1. The van der Waals surface area contributed by atoms with E-state index in [1.165, 1.54) is 0 Å². The third kappa shape index (κ3) is 2.45. The van der Waals surface area contributed by atoms with Crippen LogP contribution in [-0.4, -0.2) is 37.0 Å². The first-order chi connectivity index (χ1) is 10.2. The fraction of sp³-hybridized carbons (Fsp3) is 0.267. The van der Waals surface area contributed by atoms with Crippen molar-refractivity contribution in [2.75, 3.05) is 26.6 Å². The highest BCUT2D eigenvalue weighted by Gasteiger charge is 2.15. The Hall–Kier alpha value is -2.47. The van der Waals surface area contributed by atoms with E-state index in [0.29, 0.717) is 11.5 Å². The molecule has 0 radical (unpaired) electrons. The van der Waals surface area contributed by atoms with Crippen LogP contribution in [0.25, 0.3) is 17.5 Å². The molecule has 21 heavy (non-hydrogen) atoms. The predicted octanol–water partition coefficient (Wildman–Crippen LogP) is 2.01. The summed E-state index contributed by atoms with van der Waals surface area (Å²) in [6.45, 7) is 0. The molecule has 1 atom stereocenters. The molecule has 1 aromatic carbocycles. The van der Waals surface area contributed by atoms with Gasteiger partial charge in [0.2, 0.25) is 5.95 Å². The van der Waals surface area contributed by atoms with Crippen molar-refractivity contribution >= 4 is 12.1 Å². The molecule has 0 spiro atoms. The molecule has 0 saturated heterocycles. The fourth-order valence-corrected chi connectivity index (χ4v) is 2.28. The highest BCUT2D eigenvalue weighted by Crippen LogP contribution is 2.32. The first-order valence-electron chi connectivity index (χ1n) is 6.68. The third-order valence-corrected chi connectivity index (χ3v) is 3.45. The zero-order valence-electron chi connectivity index (χ0n) is 12.3. The van der Waals surface area contributed by atoms with Crippen LogP contribution >= 0.6 is 0 Å². The molecule has 1 unspecified atom stereocenters. The van der Waals surface area contributed by atoms with Gasteiger partial charge in [0.15, 0.2) is 11.5 Å². The number of nitrogens with one attached hydrogen (secondary N) is 2. The average molecular weight is 286 g/mol. The Labute approximate surface area is 123 Å². The second-order valence-electron chi connectivity index (χ2n) is 4.68. The zero-order chi connectivity index (χ0) is 14.8. The molecule has 2 aromatic rings. The Morgan fingerprint density at radius 2 is 2.05 bits per heavy atom. The topological polar surface area (TPSA) is 60.3 Å². The lowest BCUT2D eigenvalue weighted by atomic mass is 10.1. The number of methoxy groups -OCH3 is 2. The molecule has 0 aliphatic carbocycles. The number of imidazole rings is 1. The summed E-state index contributed by atoms with van der Waals surface area (Å²) >= 11 is 0. The maximum absolute atomic E-state index is 5.34. The summed E-state index contributed by atoms with van der Waals surface area (Å²) in [7, 11) is 5.15. The summed E-state index contributed by atoms with van der Waals surface area (Å²) in [5, 5.41) is 6.43. The van der Waals surface area contributed by atoms with E-state index < -0.39 is 0 Å². The SMILES string of the molecule is CNC1C=Cn2cc(-c3ccc(OC)c(OC)c3)nc2N1. The van der Waals surface area contributed by atoms with Crippen LogP contribution < -0.4 is 20.1 Å². The summed E-state index contributed by atoms with van der Waals surface area (Å²) in [6.07, 6.45) is 6.10. The fourth-order valence-electron chi connectivity index (χ4n) is 2.28. The Morgan fingerprint density at radius 1 is 1.24 bits per heavy atom. The second-order valence-corrected chi connectivity index (χ2v) is 4.68. The summed E-state index contributed by atoms with van der Waals surface area (Å²) < 4.78 is 12.5. The molecule has 2 N–H and O–H groups in total. The van der Waals surface area contributed by atoms with Crippen LogP contribution in [0, 0.1) is 0 Å². The summed E-state index contributed by atoms with van der Waals surface area (Å²) in [5.41, 5.74) is 1.85. The van der Waals surface area contributed by atoms with E-state index in [2.05, 4.69) is 15.6 Å². The molecule has 6 heteroatoms. The molecule has 0 saturated carbocycles. The van der Waals surface area contributed by atoms with Crippen molar-refractivity contribution in [1.29, 1.82) is 0 Å². The van der Waals surface area contributed by atoms with E-state index in [9.17, 15) is 0 Å².